The molecule has 0 unspecified atom stereocenters. The van der Waals surface area contributed by atoms with E-state index in [2.05, 4.69) is 10.9 Å². The predicted molar refractivity (Wildman–Crippen MR) is 83.0 cm³/mol. The van der Waals surface area contributed by atoms with Crippen molar-refractivity contribution in [2.45, 2.75) is 44.1 Å². The molecule has 5 rings (SSSR count). The maximum Gasteiger partial charge on any atom is 0.265 e. The maximum atomic E-state index is 12.2. The van der Waals surface area contributed by atoms with Crippen LogP contribution in [0.25, 0.3) is 0 Å². The Balaban J connectivity index is 1.42. The van der Waals surface area contributed by atoms with Crippen molar-refractivity contribution in [3.8, 4) is 0 Å². The van der Waals surface area contributed by atoms with Crippen LogP contribution in [0.5, 0.6) is 0 Å². The third-order valence-corrected chi connectivity index (χ3v) is 5.84. The smallest absolute Gasteiger partial charge is 0.265 e. The van der Waals surface area contributed by atoms with Gasteiger partial charge in [0.15, 0.2) is 0 Å². The summed E-state index contributed by atoms with van der Waals surface area (Å²) in [4.78, 5) is 12.2. The second-order valence-electron chi connectivity index (χ2n) is 7.28. The third-order valence-electron chi connectivity index (χ3n) is 5.59. The first-order chi connectivity index (χ1) is 10.1. The van der Waals surface area contributed by atoms with Gasteiger partial charge in [0.25, 0.3) is 5.91 Å². The normalized spacial score (nSPS) is 36.7. The van der Waals surface area contributed by atoms with Crippen molar-refractivity contribution < 1.29 is 4.79 Å². The minimum Gasteiger partial charge on any atom is -0.287 e. The summed E-state index contributed by atoms with van der Waals surface area (Å²) < 4.78 is 0. The number of hydrogen-bond donors (Lipinski definition) is 2. The topological polar surface area (TPSA) is 41.1 Å². The zero-order chi connectivity index (χ0) is 14.4. The molecule has 4 aliphatic rings. The van der Waals surface area contributed by atoms with Gasteiger partial charge in [0, 0.05) is 16.1 Å². The summed E-state index contributed by atoms with van der Waals surface area (Å²) in [5.74, 6) is 2.55. The molecule has 4 aliphatic carbocycles. The Kier molecular flexibility index (Phi) is 3.23. The molecule has 4 bridgehead atoms. The second-order valence-corrected chi connectivity index (χ2v) is 7.72. The second kappa shape index (κ2) is 4.99. The molecule has 0 aliphatic heterocycles. The van der Waals surface area contributed by atoms with E-state index in [1.807, 2.05) is 0 Å². The van der Waals surface area contributed by atoms with Crippen LogP contribution in [-0.2, 0) is 0 Å². The van der Waals surface area contributed by atoms with E-state index in [9.17, 15) is 4.79 Å². The van der Waals surface area contributed by atoms with Gasteiger partial charge in [-0.05, 0) is 80.5 Å². The van der Waals surface area contributed by atoms with Gasteiger partial charge in [-0.2, -0.15) is 0 Å². The van der Waals surface area contributed by atoms with Crippen LogP contribution in [0, 0.1) is 17.8 Å². The fourth-order valence-corrected chi connectivity index (χ4v) is 5.25. The largest absolute Gasteiger partial charge is 0.287 e. The van der Waals surface area contributed by atoms with Crippen LogP contribution in [-0.4, -0.2) is 11.4 Å². The summed E-state index contributed by atoms with van der Waals surface area (Å²) in [5, 5.41) is 0.653. The molecule has 3 nitrogen and oxygen atoms in total. The van der Waals surface area contributed by atoms with Gasteiger partial charge >= 0.3 is 0 Å². The van der Waals surface area contributed by atoms with Crippen LogP contribution in [0.3, 0.4) is 0 Å². The molecular weight excluding hydrogens is 284 g/mol. The Bertz CT molecular complexity index is 519. The molecule has 0 aromatic heterocycles. The van der Waals surface area contributed by atoms with Gasteiger partial charge in [0.2, 0.25) is 0 Å². The van der Waals surface area contributed by atoms with Gasteiger partial charge in [-0.1, -0.05) is 11.6 Å². The van der Waals surface area contributed by atoms with Crippen molar-refractivity contribution in [2.24, 2.45) is 17.8 Å². The summed E-state index contributed by atoms with van der Waals surface area (Å²) in [6.45, 7) is 0. The monoisotopic (exact) mass is 304 g/mol. The van der Waals surface area contributed by atoms with Crippen LogP contribution in [0.15, 0.2) is 24.3 Å². The first kappa shape index (κ1) is 13.6. The number of benzene rings is 1. The van der Waals surface area contributed by atoms with Gasteiger partial charge in [-0.25, -0.2) is 5.43 Å². The van der Waals surface area contributed by atoms with Gasteiger partial charge in [0.1, 0.15) is 0 Å². The average Bonchev–Trinajstić information content (AvgIpc) is 2.44. The van der Waals surface area contributed by atoms with Gasteiger partial charge < -0.3 is 0 Å². The van der Waals surface area contributed by atoms with Crippen LogP contribution in [0.1, 0.15) is 48.9 Å². The molecule has 0 heterocycles. The number of halogens is 1. The number of hydrazine groups is 1. The number of rotatable bonds is 3. The molecule has 0 saturated heterocycles. The van der Waals surface area contributed by atoms with Crippen molar-refractivity contribution in [2.75, 3.05) is 0 Å². The van der Waals surface area contributed by atoms with Crippen molar-refractivity contribution in [3.63, 3.8) is 0 Å². The summed E-state index contributed by atoms with van der Waals surface area (Å²) in [7, 11) is 0. The quantitative estimate of drug-likeness (QED) is 0.839. The minimum atomic E-state index is -0.0672. The van der Waals surface area contributed by atoms with Gasteiger partial charge in [0.05, 0.1) is 0 Å². The fraction of sp³-hybridized carbons (Fsp3) is 0.588. The Hall–Kier alpha value is -1.06. The van der Waals surface area contributed by atoms with E-state index in [1.54, 1.807) is 24.3 Å². The molecule has 0 atom stereocenters. The number of amides is 1. The average molecular weight is 305 g/mol. The lowest BCUT2D eigenvalue weighted by Gasteiger charge is -2.56. The van der Waals surface area contributed by atoms with Crippen LogP contribution < -0.4 is 10.9 Å². The molecular formula is C17H21ClN2O. The highest BCUT2D eigenvalue weighted by Crippen LogP contribution is 2.55. The highest BCUT2D eigenvalue weighted by atomic mass is 35.5. The van der Waals surface area contributed by atoms with E-state index in [4.69, 9.17) is 11.6 Å². The molecule has 4 heteroatoms. The zero-order valence-electron chi connectivity index (χ0n) is 12.1. The standard InChI is InChI=1S/C17H21ClN2O/c18-15-3-1-14(2-4-15)16(21)19-20-17-8-11-5-12(9-17)7-13(6-11)10-17/h1-4,11-13,20H,5-10H2,(H,19,21). The molecule has 1 aromatic rings. The predicted octanol–water partition coefficient (Wildman–Crippen LogP) is 3.54. The summed E-state index contributed by atoms with van der Waals surface area (Å²) >= 11 is 5.86. The summed E-state index contributed by atoms with van der Waals surface area (Å²) in [6, 6.07) is 7.03. The first-order valence-corrected chi connectivity index (χ1v) is 8.33. The van der Waals surface area contributed by atoms with Crippen molar-refractivity contribution in [1.29, 1.82) is 0 Å². The number of carbonyl (C=O) groups excluding carboxylic acids is 1. The molecule has 0 spiro atoms. The Morgan fingerprint density at radius 1 is 1.00 bits per heavy atom. The lowest BCUT2D eigenvalue weighted by atomic mass is 9.53. The van der Waals surface area contributed by atoms with E-state index in [-0.39, 0.29) is 11.4 Å². The highest BCUT2D eigenvalue weighted by Gasteiger charge is 2.51. The minimum absolute atomic E-state index is 0.0672. The molecule has 4 fully saturated rings. The number of hydrogen-bond acceptors (Lipinski definition) is 2. The van der Waals surface area contributed by atoms with Crippen LogP contribution in [0.2, 0.25) is 5.02 Å². The molecule has 2 N–H and O–H groups in total. The van der Waals surface area contributed by atoms with E-state index < -0.39 is 0 Å². The Morgan fingerprint density at radius 2 is 1.52 bits per heavy atom. The number of nitrogens with one attached hydrogen (secondary N) is 2. The molecule has 0 radical (unpaired) electrons. The Morgan fingerprint density at radius 3 is 2.05 bits per heavy atom. The molecule has 21 heavy (non-hydrogen) atoms. The zero-order valence-corrected chi connectivity index (χ0v) is 12.8. The number of carbonyl (C=O) groups is 1. The first-order valence-electron chi connectivity index (χ1n) is 7.95. The van der Waals surface area contributed by atoms with E-state index in [0.29, 0.717) is 10.6 Å². The van der Waals surface area contributed by atoms with Crippen molar-refractivity contribution in [1.82, 2.24) is 10.9 Å². The SMILES string of the molecule is O=C(NNC12CC3CC(CC(C3)C1)C2)c1ccc(Cl)cc1. The fourth-order valence-electron chi connectivity index (χ4n) is 5.13. The van der Waals surface area contributed by atoms with Gasteiger partial charge in [-0.3, -0.25) is 10.2 Å². The molecule has 1 aromatic carbocycles. The van der Waals surface area contributed by atoms with Crippen molar-refractivity contribution >= 4 is 17.5 Å². The van der Waals surface area contributed by atoms with Crippen LogP contribution >= 0.6 is 11.6 Å². The Labute approximate surface area is 130 Å². The van der Waals surface area contributed by atoms with Crippen LogP contribution in [0.4, 0.5) is 0 Å². The van der Waals surface area contributed by atoms with E-state index in [1.165, 1.54) is 38.5 Å². The van der Waals surface area contributed by atoms with E-state index in [0.717, 1.165) is 17.8 Å². The highest BCUT2D eigenvalue weighted by molar-refractivity contribution is 6.30. The maximum absolute atomic E-state index is 12.2. The molecule has 4 saturated carbocycles. The molecule has 112 valence electrons. The van der Waals surface area contributed by atoms with Gasteiger partial charge in [-0.15, -0.1) is 0 Å². The lowest BCUT2D eigenvalue weighted by molar-refractivity contribution is -0.0257. The molecule has 1 amide bonds. The lowest BCUT2D eigenvalue weighted by Crippen LogP contribution is -2.62. The summed E-state index contributed by atoms with van der Waals surface area (Å²) in [6.07, 6.45) is 7.89. The summed E-state index contributed by atoms with van der Waals surface area (Å²) in [5.41, 5.74) is 7.15. The third kappa shape index (κ3) is 2.58. The van der Waals surface area contributed by atoms with E-state index >= 15 is 0 Å². The van der Waals surface area contributed by atoms with Crippen molar-refractivity contribution in [3.05, 3.63) is 34.9 Å².